The summed E-state index contributed by atoms with van der Waals surface area (Å²) >= 11 is 0. The molecule has 3 nitrogen and oxygen atoms in total. The molecule has 2 N–H and O–H groups in total. The van der Waals surface area contributed by atoms with Crippen molar-refractivity contribution in [1.82, 2.24) is 10.2 Å². The third-order valence-electron chi connectivity index (χ3n) is 3.85. The Labute approximate surface area is 144 Å². The molecule has 0 aromatic heterocycles. The molecule has 2 rings (SSSR count). The molecular weight excluding hydrogens is 326 g/mol. The number of aromatic hydroxyl groups is 1. The second kappa shape index (κ2) is 9.36. The number of nitrogens with zero attached hydrogens (tertiary/aromatic N) is 1. The quantitative estimate of drug-likeness (QED) is 0.814. The van der Waals surface area contributed by atoms with Crippen molar-refractivity contribution in [2.75, 3.05) is 26.2 Å². The first-order valence-electron chi connectivity index (χ1n) is 7.08. The SMILES string of the molecule is C=C(C)C[C@H](c1c(C)ccc(F)c1O)N1CCNCC1.Cl.Cl. The van der Waals surface area contributed by atoms with Crippen LogP contribution in [0, 0.1) is 12.7 Å². The zero-order chi connectivity index (χ0) is 14.7. The lowest BCUT2D eigenvalue weighted by atomic mass is 9.93. The van der Waals surface area contributed by atoms with Crippen molar-refractivity contribution in [1.29, 1.82) is 0 Å². The van der Waals surface area contributed by atoms with Crippen molar-refractivity contribution >= 4 is 24.8 Å². The van der Waals surface area contributed by atoms with Gasteiger partial charge in [0.25, 0.3) is 0 Å². The minimum Gasteiger partial charge on any atom is -0.505 e. The van der Waals surface area contributed by atoms with Gasteiger partial charge in [-0.2, -0.15) is 0 Å². The van der Waals surface area contributed by atoms with Crippen LogP contribution in [0.3, 0.4) is 0 Å². The molecule has 1 saturated heterocycles. The Morgan fingerprint density at radius 3 is 2.50 bits per heavy atom. The number of halogens is 3. The number of hydrogen-bond acceptors (Lipinski definition) is 3. The first-order valence-corrected chi connectivity index (χ1v) is 7.08. The van der Waals surface area contributed by atoms with Crippen LogP contribution >= 0.6 is 24.8 Å². The fraction of sp³-hybridized carbons (Fsp3) is 0.500. The molecule has 1 aromatic carbocycles. The van der Waals surface area contributed by atoms with E-state index in [9.17, 15) is 9.50 Å². The van der Waals surface area contributed by atoms with Crippen LogP contribution in [0.2, 0.25) is 0 Å². The third-order valence-corrected chi connectivity index (χ3v) is 3.85. The second-order valence-electron chi connectivity index (χ2n) is 5.59. The van der Waals surface area contributed by atoms with Crippen molar-refractivity contribution in [3.05, 3.63) is 41.2 Å². The molecule has 0 unspecified atom stereocenters. The van der Waals surface area contributed by atoms with E-state index < -0.39 is 5.82 Å². The van der Waals surface area contributed by atoms with Crippen molar-refractivity contribution in [3.63, 3.8) is 0 Å². The highest BCUT2D eigenvalue weighted by atomic mass is 35.5. The summed E-state index contributed by atoms with van der Waals surface area (Å²) in [4.78, 5) is 2.30. The van der Waals surface area contributed by atoms with Crippen LogP contribution in [0.5, 0.6) is 5.75 Å². The van der Waals surface area contributed by atoms with Gasteiger partial charge in [-0.3, -0.25) is 4.90 Å². The fourth-order valence-corrected chi connectivity index (χ4v) is 2.84. The van der Waals surface area contributed by atoms with Gasteiger partial charge in [0.1, 0.15) is 0 Å². The van der Waals surface area contributed by atoms with Gasteiger partial charge in [0.05, 0.1) is 0 Å². The van der Waals surface area contributed by atoms with E-state index in [1.54, 1.807) is 6.07 Å². The Hall–Kier alpha value is -0.810. The van der Waals surface area contributed by atoms with E-state index in [0.29, 0.717) is 5.56 Å². The van der Waals surface area contributed by atoms with Gasteiger partial charge in [-0.05, 0) is 31.9 Å². The van der Waals surface area contributed by atoms with Crippen molar-refractivity contribution in [2.45, 2.75) is 26.3 Å². The molecule has 1 aromatic rings. The second-order valence-corrected chi connectivity index (χ2v) is 5.59. The molecule has 1 heterocycles. The summed E-state index contributed by atoms with van der Waals surface area (Å²) in [5.41, 5.74) is 2.67. The van der Waals surface area contributed by atoms with Crippen LogP contribution in [0.25, 0.3) is 0 Å². The Bertz CT molecular complexity index is 505. The van der Waals surface area contributed by atoms with Crippen LogP contribution < -0.4 is 5.32 Å². The molecular formula is C16H25Cl2FN2O. The van der Waals surface area contributed by atoms with Crippen LogP contribution in [-0.4, -0.2) is 36.2 Å². The van der Waals surface area contributed by atoms with Gasteiger partial charge in [-0.1, -0.05) is 11.6 Å². The molecule has 0 amide bonds. The number of benzene rings is 1. The first-order chi connectivity index (χ1) is 9.50. The molecule has 0 spiro atoms. The van der Waals surface area contributed by atoms with E-state index >= 15 is 0 Å². The number of nitrogens with one attached hydrogen (secondary N) is 1. The molecule has 6 heteroatoms. The summed E-state index contributed by atoms with van der Waals surface area (Å²) in [5, 5.41) is 13.5. The maximum absolute atomic E-state index is 13.7. The zero-order valence-corrected chi connectivity index (χ0v) is 14.7. The largest absolute Gasteiger partial charge is 0.505 e. The highest BCUT2D eigenvalue weighted by Crippen LogP contribution is 2.37. The van der Waals surface area contributed by atoms with Crippen LogP contribution in [0.1, 0.15) is 30.5 Å². The Morgan fingerprint density at radius 1 is 1.36 bits per heavy atom. The molecule has 1 aliphatic heterocycles. The smallest absolute Gasteiger partial charge is 0.165 e. The summed E-state index contributed by atoms with van der Waals surface area (Å²) < 4.78 is 13.7. The standard InChI is InChI=1S/C16H23FN2O.2ClH/c1-11(2)10-14(19-8-6-18-7-9-19)15-12(3)4-5-13(17)16(15)20;;/h4-5,14,18,20H,1,6-10H2,2-3H3;2*1H/t14-;;/m1../s1. The number of rotatable bonds is 4. The van der Waals surface area contributed by atoms with E-state index in [4.69, 9.17) is 0 Å². The van der Waals surface area contributed by atoms with Crippen molar-refractivity contribution < 1.29 is 9.50 Å². The molecule has 126 valence electrons. The minimum atomic E-state index is -0.549. The molecule has 0 bridgehead atoms. The van der Waals surface area contributed by atoms with E-state index in [0.717, 1.165) is 43.7 Å². The van der Waals surface area contributed by atoms with Crippen LogP contribution in [0.15, 0.2) is 24.3 Å². The molecule has 22 heavy (non-hydrogen) atoms. The molecule has 0 radical (unpaired) electrons. The molecule has 1 atom stereocenters. The van der Waals surface area contributed by atoms with Gasteiger partial charge in [0.15, 0.2) is 11.6 Å². The predicted molar refractivity (Wildman–Crippen MR) is 93.9 cm³/mol. The molecule has 1 fully saturated rings. The molecule has 0 aliphatic carbocycles. The van der Waals surface area contributed by atoms with Gasteiger partial charge in [0, 0.05) is 37.8 Å². The Balaban J connectivity index is 0.00000220. The van der Waals surface area contributed by atoms with Gasteiger partial charge in [-0.15, -0.1) is 31.4 Å². The van der Waals surface area contributed by atoms with Gasteiger partial charge < -0.3 is 10.4 Å². The maximum atomic E-state index is 13.7. The minimum absolute atomic E-state index is 0. The maximum Gasteiger partial charge on any atom is 0.165 e. The topological polar surface area (TPSA) is 35.5 Å². The van der Waals surface area contributed by atoms with Gasteiger partial charge in [-0.25, -0.2) is 4.39 Å². The number of aryl methyl sites for hydroxylation is 1. The van der Waals surface area contributed by atoms with Crippen LogP contribution in [-0.2, 0) is 0 Å². The van der Waals surface area contributed by atoms with Gasteiger partial charge >= 0.3 is 0 Å². The molecule has 0 saturated carbocycles. The Morgan fingerprint density at radius 2 is 1.95 bits per heavy atom. The monoisotopic (exact) mass is 350 g/mol. The van der Waals surface area contributed by atoms with E-state index in [1.165, 1.54) is 6.07 Å². The lowest BCUT2D eigenvalue weighted by Crippen LogP contribution is -2.45. The lowest BCUT2D eigenvalue weighted by molar-refractivity contribution is 0.168. The summed E-state index contributed by atoms with van der Waals surface area (Å²) in [5.74, 6) is -0.762. The van der Waals surface area contributed by atoms with Gasteiger partial charge in [0.2, 0.25) is 0 Å². The highest BCUT2D eigenvalue weighted by Gasteiger charge is 2.27. The Kier molecular flexibility index (Phi) is 9.01. The summed E-state index contributed by atoms with van der Waals surface area (Å²) in [6.45, 7) is 11.5. The number of phenols is 1. The van der Waals surface area contributed by atoms with Crippen LogP contribution in [0.4, 0.5) is 4.39 Å². The summed E-state index contributed by atoms with van der Waals surface area (Å²) in [6, 6.07) is 3.05. The number of piperazine rings is 1. The van der Waals surface area contributed by atoms with Crippen molar-refractivity contribution in [2.24, 2.45) is 0 Å². The normalized spacial score (nSPS) is 16.3. The summed E-state index contributed by atoms with van der Waals surface area (Å²) in [6.07, 6.45) is 0.734. The highest BCUT2D eigenvalue weighted by molar-refractivity contribution is 5.85. The summed E-state index contributed by atoms with van der Waals surface area (Å²) in [7, 11) is 0. The predicted octanol–water partition coefficient (Wildman–Crippen LogP) is 3.60. The third kappa shape index (κ3) is 4.85. The zero-order valence-electron chi connectivity index (χ0n) is 13.1. The first kappa shape index (κ1) is 21.2. The van der Waals surface area contributed by atoms with E-state index in [1.807, 2.05) is 13.8 Å². The number of phenolic OH excluding ortho intramolecular Hbond substituents is 1. The molecule has 1 aliphatic rings. The fourth-order valence-electron chi connectivity index (χ4n) is 2.84. The van der Waals surface area contributed by atoms with E-state index in [-0.39, 0.29) is 36.6 Å². The number of hydrogen-bond donors (Lipinski definition) is 2. The average Bonchev–Trinajstić information content (AvgIpc) is 2.43. The van der Waals surface area contributed by atoms with Crippen molar-refractivity contribution in [3.8, 4) is 5.75 Å². The lowest BCUT2D eigenvalue weighted by Gasteiger charge is -2.36. The average molecular weight is 351 g/mol. The van der Waals surface area contributed by atoms with E-state index in [2.05, 4.69) is 16.8 Å².